The summed E-state index contributed by atoms with van der Waals surface area (Å²) >= 11 is 0. The highest BCUT2D eigenvalue weighted by Crippen LogP contribution is 2.36. The molecule has 23 heavy (non-hydrogen) atoms. The maximum absolute atomic E-state index is 12.3. The van der Waals surface area contributed by atoms with Crippen molar-refractivity contribution in [2.45, 2.75) is 18.9 Å². The summed E-state index contributed by atoms with van der Waals surface area (Å²) in [7, 11) is 3.31. The standard InChI is InChI=1S/C16H20N4O3/c1-22-13-3-4-15(23-2)14(7-13)12-5-6-19(8-12)16(21)9-20-11-17-10-18-20/h3-4,7,10-12H,5-6,8-9H2,1-2H3/t12-/m0/s1. The van der Waals surface area contributed by atoms with Crippen LogP contribution in [0.15, 0.2) is 30.9 Å². The quantitative estimate of drug-likeness (QED) is 0.832. The van der Waals surface area contributed by atoms with Gasteiger partial charge in [0.2, 0.25) is 5.91 Å². The van der Waals surface area contributed by atoms with E-state index in [0.29, 0.717) is 6.54 Å². The van der Waals surface area contributed by atoms with Crippen LogP contribution in [0.2, 0.25) is 0 Å². The Bertz CT molecular complexity index is 672. The number of hydrogen-bond acceptors (Lipinski definition) is 5. The Balaban J connectivity index is 1.71. The molecule has 1 saturated heterocycles. The third kappa shape index (κ3) is 3.28. The first-order valence-corrected chi connectivity index (χ1v) is 7.53. The maximum Gasteiger partial charge on any atom is 0.244 e. The zero-order chi connectivity index (χ0) is 16.2. The van der Waals surface area contributed by atoms with Gasteiger partial charge in [-0.25, -0.2) is 9.67 Å². The Morgan fingerprint density at radius 1 is 1.35 bits per heavy atom. The number of ether oxygens (including phenoxy) is 2. The van der Waals surface area contributed by atoms with Gasteiger partial charge in [-0.05, 0) is 24.6 Å². The monoisotopic (exact) mass is 316 g/mol. The van der Waals surface area contributed by atoms with Crippen LogP contribution in [0.3, 0.4) is 0 Å². The Kier molecular flexibility index (Phi) is 4.45. The summed E-state index contributed by atoms with van der Waals surface area (Å²) in [6.07, 6.45) is 3.89. The first kappa shape index (κ1) is 15.3. The normalized spacial score (nSPS) is 17.3. The number of amides is 1. The zero-order valence-electron chi connectivity index (χ0n) is 13.3. The molecule has 0 N–H and O–H groups in total. The van der Waals surface area contributed by atoms with Crippen molar-refractivity contribution in [1.29, 1.82) is 0 Å². The van der Waals surface area contributed by atoms with Crippen LogP contribution >= 0.6 is 0 Å². The van der Waals surface area contributed by atoms with E-state index in [9.17, 15) is 4.79 Å². The van der Waals surface area contributed by atoms with E-state index in [0.717, 1.165) is 30.0 Å². The van der Waals surface area contributed by atoms with E-state index in [1.165, 1.54) is 6.33 Å². The third-order valence-corrected chi connectivity index (χ3v) is 4.18. The van der Waals surface area contributed by atoms with Crippen molar-refractivity contribution in [2.24, 2.45) is 0 Å². The number of benzene rings is 1. The molecule has 1 aromatic carbocycles. The fraction of sp³-hybridized carbons (Fsp3) is 0.438. The number of hydrogen-bond donors (Lipinski definition) is 0. The largest absolute Gasteiger partial charge is 0.497 e. The molecule has 0 bridgehead atoms. The molecule has 1 aliphatic heterocycles. The van der Waals surface area contributed by atoms with E-state index >= 15 is 0 Å². The minimum atomic E-state index is 0.0554. The smallest absolute Gasteiger partial charge is 0.244 e. The summed E-state index contributed by atoms with van der Waals surface area (Å²) in [5, 5.41) is 3.98. The lowest BCUT2D eigenvalue weighted by atomic mass is 9.97. The molecular formula is C16H20N4O3. The van der Waals surface area contributed by atoms with Crippen molar-refractivity contribution in [1.82, 2.24) is 19.7 Å². The highest BCUT2D eigenvalue weighted by molar-refractivity contribution is 5.76. The molecule has 122 valence electrons. The summed E-state index contributed by atoms with van der Waals surface area (Å²) < 4.78 is 12.3. The van der Waals surface area contributed by atoms with E-state index in [1.54, 1.807) is 25.2 Å². The predicted octanol–water partition coefficient (Wildman–Crippen LogP) is 1.31. The highest BCUT2D eigenvalue weighted by atomic mass is 16.5. The predicted molar refractivity (Wildman–Crippen MR) is 83.5 cm³/mol. The fourth-order valence-corrected chi connectivity index (χ4v) is 2.95. The molecule has 1 amide bonds. The molecule has 1 aromatic heterocycles. The lowest BCUT2D eigenvalue weighted by Gasteiger charge is -2.18. The third-order valence-electron chi connectivity index (χ3n) is 4.18. The first-order chi connectivity index (χ1) is 11.2. The van der Waals surface area contributed by atoms with Gasteiger partial charge < -0.3 is 14.4 Å². The highest BCUT2D eigenvalue weighted by Gasteiger charge is 2.29. The van der Waals surface area contributed by atoms with Crippen LogP contribution in [0.4, 0.5) is 0 Å². The summed E-state index contributed by atoms with van der Waals surface area (Å²) in [5.41, 5.74) is 1.09. The van der Waals surface area contributed by atoms with Crippen LogP contribution in [0.5, 0.6) is 11.5 Å². The van der Waals surface area contributed by atoms with Crippen molar-refractivity contribution in [2.75, 3.05) is 27.3 Å². The van der Waals surface area contributed by atoms with Crippen molar-refractivity contribution in [3.63, 3.8) is 0 Å². The number of nitrogens with zero attached hydrogens (tertiary/aromatic N) is 4. The number of likely N-dealkylation sites (tertiary alicyclic amines) is 1. The number of rotatable bonds is 5. The molecule has 2 aromatic rings. The Morgan fingerprint density at radius 3 is 2.91 bits per heavy atom. The van der Waals surface area contributed by atoms with Gasteiger partial charge in [-0.1, -0.05) is 0 Å². The topological polar surface area (TPSA) is 69.5 Å². The summed E-state index contributed by atoms with van der Waals surface area (Å²) in [6.45, 7) is 1.64. The summed E-state index contributed by atoms with van der Waals surface area (Å²) in [4.78, 5) is 18.1. The second-order valence-corrected chi connectivity index (χ2v) is 5.53. The van der Waals surface area contributed by atoms with Crippen molar-refractivity contribution >= 4 is 5.91 Å². The number of methoxy groups -OCH3 is 2. The van der Waals surface area contributed by atoms with Crippen molar-refractivity contribution < 1.29 is 14.3 Å². The van der Waals surface area contributed by atoms with Gasteiger partial charge in [0.05, 0.1) is 14.2 Å². The summed E-state index contributed by atoms with van der Waals surface area (Å²) in [6, 6.07) is 5.79. The van der Waals surface area contributed by atoms with Crippen LogP contribution in [-0.4, -0.2) is 52.9 Å². The molecule has 1 atom stereocenters. The molecule has 7 heteroatoms. The molecule has 1 aliphatic rings. The van der Waals surface area contributed by atoms with Gasteiger partial charge in [0, 0.05) is 24.6 Å². The lowest BCUT2D eigenvalue weighted by Crippen LogP contribution is -2.31. The Hall–Kier alpha value is -2.57. The molecule has 0 saturated carbocycles. The fourth-order valence-electron chi connectivity index (χ4n) is 2.95. The first-order valence-electron chi connectivity index (χ1n) is 7.53. The van der Waals surface area contributed by atoms with Crippen LogP contribution in [0, 0.1) is 0 Å². The molecule has 0 radical (unpaired) electrons. The number of carbonyl (C=O) groups excluding carboxylic acids is 1. The van der Waals surface area contributed by atoms with E-state index in [1.807, 2.05) is 23.1 Å². The molecule has 1 fully saturated rings. The van der Waals surface area contributed by atoms with Gasteiger partial charge in [0.1, 0.15) is 30.7 Å². The van der Waals surface area contributed by atoms with Crippen LogP contribution < -0.4 is 9.47 Å². The van der Waals surface area contributed by atoms with E-state index in [2.05, 4.69) is 10.1 Å². The summed E-state index contributed by atoms with van der Waals surface area (Å²) in [5.74, 6) is 1.94. The average Bonchev–Trinajstić information content (AvgIpc) is 3.25. The van der Waals surface area contributed by atoms with Gasteiger partial charge >= 0.3 is 0 Å². The van der Waals surface area contributed by atoms with Gasteiger partial charge in [-0.3, -0.25) is 4.79 Å². The molecule has 3 rings (SSSR count). The number of aromatic nitrogens is 3. The molecule has 0 aliphatic carbocycles. The van der Waals surface area contributed by atoms with E-state index in [-0.39, 0.29) is 18.4 Å². The average molecular weight is 316 g/mol. The Labute approximate surface area is 134 Å². The van der Waals surface area contributed by atoms with Gasteiger partial charge in [-0.2, -0.15) is 5.10 Å². The molecule has 0 unspecified atom stereocenters. The van der Waals surface area contributed by atoms with E-state index < -0.39 is 0 Å². The van der Waals surface area contributed by atoms with Crippen LogP contribution in [0.25, 0.3) is 0 Å². The van der Waals surface area contributed by atoms with Gasteiger partial charge in [0.15, 0.2) is 0 Å². The van der Waals surface area contributed by atoms with Crippen molar-refractivity contribution in [3.05, 3.63) is 36.4 Å². The number of carbonyl (C=O) groups is 1. The SMILES string of the molecule is COc1ccc(OC)c([C@H]2CCN(C(=O)Cn3cncn3)C2)c1. The van der Waals surface area contributed by atoms with Gasteiger partial charge in [0.25, 0.3) is 0 Å². The maximum atomic E-state index is 12.3. The van der Waals surface area contributed by atoms with E-state index in [4.69, 9.17) is 9.47 Å². The lowest BCUT2D eigenvalue weighted by molar-refractivity contribution is -0.131. The van der Waals surface area contributed by atoms with Crippen molar-refractivity contribution in [3.8, 4) is 11.5 Å². The molecular weight excluding hydrogens is 296 g/mol. The minimum Gasteiger partial charge on any atom is -0.497 e. The van der Waals surface area contributed by atoms with Crippen LogP contribution in [0.1, 0.15) is 17.9 Å². The second-order valence-electron chi connectivity index (χ2n) is 5.53. The minimum absolute atomic E-state index is 0.0554. The second kappa shape index (κ2) is 6.68. The Morgan fingerprint density at radius 2 is 2.22 bits per heavy atom. The molecule has 7 nitrogen and oxygen atoms in total. The zero-order valence-corrected chi connectivity index (χ0v) is 13.3. The van der Waals surface area contributed by atoms with Crippen LogP contribution in [-0.2, 0) is 11.3 Å². The molecule has 0 spiro atoms. The molecule has 2 heterocycles. The van der Waals surface area contributed by atoms with Gasteiger partial charge in [-0.15, -0.1) is 0 Å².